The molecule has 1 fully saturated rings. The molecule has 1 saturated heterocycles. The summed E-state index contributed by atoms with van der Waals surface area (Å²) in [6.45, 7) is 0.720. The average Bonchev–Trinajstić information content (AvgIpc) is 2.83. The van der Waals surface area contributed by atoms with Crippen LogP contribution in [0.25, 0.3) is 0 Å². The fourth-order valence-electron chi connectivity index (χ4n) is 2.51. The van der Waals surface area contributed by atoms with Crippen molar-refractivity contribution in [2.75, 3.05) is 25.1 Å². The number of sulfone groups is 1. The molecule has 1 atom stereocenters. The van der Waals surface area contributed by atoms with Gasteiger partial charge in [-0.05, 0) is 37.0 Å². The maximum atomic E-state index is 11.5. The number of aryl methyl sites for hydroxylation is 1. The number of nitrogens with one attached hydrogen (secondary N) is 2. The van der Waals surface area contributed by atoms with Crippen LogP contribution in [0.4, 0.5) is 0 Å². The van der Waals surface area contributed by atoms with Gasteiger partial charge < -0.3 is 10.6 Å². The van der Waals surface area contributed by atoms with Gasteiger partial charge >= 0.3 is 0 Å². The molecule has 2 rings (SSSR count). The molecule has 9 heteroatoms. The number of benzene rings is 1. The number of hydrogen-bond acceptors (Lipinski definition) is 3. The van der Waals surface area contributed by atoms with Crippen molar-refractivity contribution in [1.82, 2.24) is 10.6 Å². The molecule has 1 aromatic rings. The highest BCUT2D eigenvalue weighted by molar-refractivity contribution is 14.0. The molecule has 0 spiro atoms. The van der Waals surface area contributed by atoms with E-state index in [0.717, 1.165) is 24.9 Å². The first kappa shape index (κ1) is 21.8. The molecule has 1 aliphatic heterocycles. The molecule has 0 aromatic heterocycles. The average molecular weight is 506 g/mol. The van der Waals surface area contributed by atoms with E-state index < -0.39 is 9.84 Å². The Morgan fingerprint density at radius 2 is 2.12 bits per heavy atom. The van der Waals surface area contributed by atoms with Gasteiger partial charge in [0.1, 0.15) is 0 Å². The molecule has 0 radical (unpaired) electrons. The van der Waals surface area contributed by atoms with Crippen molar-refractivity contribution < 1.29 is 8.42 Å². The highest BCUT2D eigenvalue weighted by Crippen LogP contribution is 2.21. The second-order valence-corrected chi connectivity index (χ2v) is 8.65. The Balaban J connectivity index is 0.00000288. The van der Waals surface area contributed by atoms with E-state index >= 15 is 0 Å². The molecule has 1 aliphatic rings. The van der Waals surface area contributed by atoms with Crippen LogP contribution >= 0.6 is 47.2 Å². The third-order valence-corrected chi connectivity index (χ3v) is 6.08. The topological polar surface area (TPSA) is 70.6 Å². The maximum Gasteiger partial charge on any atom is 0.191 e. The second kappa shape index (κ2) is 10.0. The van der Waals surface area contributed by atoms with Crippen LogP contribution in [-0.4, -0.2) is 45.5 Å². The van der Waals surface area contributed by atoms with Crippen molar-refractivity contribution in [3.8, 4) is 0 Å². The minimum Gasteiger partial charge on any atom is -0.356 e. The standard InChI is InChI=1S/C15H21Cl2N3O2S.HI/c1-18-15(20-13-6-8-23(21,22)10-13)19-7-2-3-11-4-5-12(16)9-14(11)17;/h4-5,9,13H,2-3,6-8,10H2,1H3,(H2,18,19,20);1H. The van der Waals surface area contributed by atoms with Gasteiger partial charge in [-0.2, -0.15) is 0 Å². The zero-order valence-corrected chi connectivity index (χ0v) is 18.0. The first-order chi connectivity index (χ1) is 10.9. The lowest BCUT2D eigenvalue weighted by Gasteiger charge is -2.16. The lowest BCUT2D eigenvalue weighted by Crippen LogP contribution is -2.44. The Labute approximate surface area is 170 Å². The molecule has 2 N–H and O–H groups in total. The van der Waals surface area contributed by atoms with Gasteiger partial charge in [-0.15, -0.1) is 24.0 Å². The second-order valence-electron chi connectivity index (χ2n) is 5.58. The summed E-state index contributed by atoms with van der Waals surface area (Å²) < 4.78 is 22.9. The van der Waals surface area contributed by atoms with Crippen molar-refractivity contribution in [3.63, 3.8) is 0 Å². The van der Waals surface area contributed by atoms with Gasteiger partial charge in [0.2, 0.25) is 0 Å². The van der Waals surface area contributed by atoms with Crippen LogP contribution in [0.5, 0.6) is 0 Å². The number of guanidine groups is 1. The fraction of sp³-hybridized carbons (Fsp3) is 0.533. The van der Waals surface area contributed by atoms with Gasteiger partial charge in [-0.1, -0.05) is 29.3 Å². The molecule has 0 saturated carbocycles. The number of halogens is 3. The van der Waals surface area contributed by atoms with Crippen LogP contribution in [0.15, 0.2) is 23.2 Å². The highest BCUT2D eigenvalue weighted by atomic mass is 127. The Bertz CT molecular complexity index is 683. The van der Waals surface area contributed by atoms with E-state index in [1.54, 1.807) is 13.1 Å². The summed E-state index contributed by atoms with van der Waals surface area (Å²) in [5.74, 6) is 1.06. The van der Waals surface area contributed by atoms with E-state index in [2.05, 4.69) is 15.6 Å². The number of rotatable bonds is 5. The van der Waals surface area contributed by atoms with Crippen LogP contribution in [0.2, 0.25) is 10.0 Å². The van der Waals surface area contributed by atoms with Crippen molar-refractivity contribution in [2.45, 2.75) is 25.3 Å². The molecular weight excluding hydrogens is 484 g/mol. The third-order valence-electron chi connectivity index (χ3n) is 3.73. The maximum absolute atomic E-state index is 11.5. The first-order valence-corrected chi connectivity index (χ1v) is 10.1. The molecule has 5 nitrogen and oxygen atoms in total. The van der Waals surface area contributed by atoms with E-state index in [0.29, 0.717) is 22.4 Å². The smallest absolute Gasteiger partial charge is 0.191 e. The lowest BCUT2D eigenvalue weighted by atomic mass is 10.1. The Morgan fingerprint density at radius 3 is 2.71 bits per heavy atom. The van der Waals surface area contributed by atoms with Crippen LogP contribution in [0.3, 0.4) is 0 Å². The third kappa shape index (κ3) is 6.93. The summed E-state index contributed by atoms with van der Waals surface area (Å²) in [6, 6.07) is 5.45. The lowest BCUT2D eigenvalue weighted by molar-refractivity contribution is 0.599. The summed E-state index contributed by atoms with van der Waals surface area (Å²) in [5.41, 5.74) is 1.06. The monoisotopic (exact) mass is 505 g/mol. The van der Waals surface area contributed by atoms with Crippen LogP contribution in [0.1, 0.15) is 18.4 Å². The highest BCUT2D eigenvalue weighted by Gasteiger charge is 2.28. The summed E-state index contributed by atoms with van der Waals surface area (Å²) in [7, 11) is -1.21. The molecule has 0 bridgehead atoms. The minimum atomic E-state index is -2.89. The molecule has 1 unspecified atom stereocenters. The molecule has 136 valence electrons. The predicted octanol–water partition coefficient (Wildman–Crippen LogP) is 2.90. The predicted molar refractivity (Wildman–Crippen MR) is 112 cm³/mol. The zero-order chi connectivity index (χ0) is 16.9. The van der Waals surface area contributed by atoms with Crippen molar-refractivity contribution >= 4 is 63.0 Å². The van der Waals surface area contributed by atoms with Crippen LogP contribution in [-0.2, 0) is 16.3 Å². The molecule has 1 aromatic carbocycles. The van der Waals surface area contributed by atoms with Crippen LogP contribution < -0.4 is 10.6 Å². The molecule has 0 amide bonds. The van der Waals surface area contributed by atoms with Gasteiger partial charge in [-0.3, -0.25) is 4.99 Å². The van der Waals surface area contributed by atoms with Gasteiger partial charge in [0, 0.05) is 29.7 Å². The number of aliphatic imine (C=N–C) groups is 1. The quantitative estimate of drug-likeness (QED) is 0.279. The van der Waals surface area contributed by atoms with E-state index in [4.69, 9.17) is 23.2 Å². The normalized spacial score (nSPS) is 19.6. The van der Waals surface area contributed by atoms with Crippen molar-refractivity contribution in [1.29, 1.82) is 0 Å². The summed E-state index contributed by atoms with van der Waals surface area (Å²) >= 11 is 12.0. The Hall–Kier alpha value is -0.250. The Morgan fingerprint density at radius 1 is 1.38 bits per heavy atom. The minimum absolute atomic E-state index is 0. The van der Waals surface area contributed by atoms with Crippen LogP contribution in [0, 0.1) is 0 Å². The molecular formula is C15H22Cl2IN3O2S. The summed E-state index contributed by atoms with van der Waals surface area (Å²) in [6.07, 6.45) is 2.34. The molecule has 0 aliphatic carbocycles. The van der Waals surface area contributed by atoms with E-state index in [1.807, 2.05) is 12.1 Å². The van der Waals surface area contributed by atoms with Gasteiger partial charge in [0.25, 0.3) is 0 Å². The van der Waals surface area contributed by atoms with Crippen molar-refractivity contribution in [3.05, 3.63) is 33.8 Å². The SMILES string of the molecule is CN=C(NCCCc1ccc(Cl)cc1Cl)NC1CCS(=O)(=O)C1.I. The number of hydrogen-bond donors (Lipinski definition) is 2. The molecule has 24 heavy (non-hydrogen) atoms. The van der Waals surface area contributed by atoms with Gasteiger partial charge in [-0.25, -0.2) is 8.42 Å². The fourth-order valence-corrected chi connectivity index (χ4v) is 4.68. The summed E-state index contributed by atoms with van der Waals surface area (Å²) in [4.78, 5) is 4.13. The van der Waals surface area contributed by atoms with E-state index in [9.17, 15) is 8.42 Å². The first-order valence-electron chi connectivity index (χ1n) is 7.51. The van der Waals surface area contributed by atoms with E-state index in [1.165, 1.54) is 0 Å². The van der Waals surface area contributed by atoms with Crippen molar-refractivity contribution in [2.24, 2.45) is 4.99 Å². The number of nitrogens with zero attached hydrogens (tertiary/aromatic N) is 1. The van der Waals surface area contributed by atoms with E-state index in [-0.39, 0.29) is 41.5 Å². The summed E-state index contributed by atoms with van der Waals surface area (Å²) in [5, 5.41) is 7.66. The Kier molecular flexibility index (Phi) is 9.11. The molecule has 1 heterocycles. The largest absolute Gasteiger partial charge is 0.356 e. The van der Waals surface area contributed by atoms with Gasteiger partial charge in [0.15, 0.2) is 15.8 Å². The van der Waals surface area contributed by atoms with Gasteiger partial charge in [0.05, 0.1) is 11.5 Å². The zero-order valence-electron chi connectivity index (χ0n) is 13.4.